The maximum absolute atomic E-state index is 14.1. The molecule has 0 aliphatic carbocycles. The molecule has 2 atom stereocenters. The fourth-order valence-corrected chi connectivity index (χ4v) is 4.23. The van der Waals surface area contributed by atoms with Crippen LogP contribution < -0.4 is 5.73 Å². The zero-order chi connectivity index (χ0) is 23.1. The SMILES string of the molecule is CCOC(=O)[C@H](CCN1CC(C#N)C1)C[C@H](N)Cc1ccc(-c2cc(Cl)ccc2F)cc1. The minimum Gasteiger partial charge on any atom is -0.466 e. The number of benzene rings is 2. The molecule has 0 unspecified atom stereocenters. The highest BCUT2D eigenvalue weighted by molar-refractivity contribution is 6.30. The Hall–Kier alpha value is -2.46. The van der Waals surface area contributed by atoms with Gasteiger partial charge >= 0.3 is 5.97 Å². The number of hydrogen-bond acceptors (Lipinski definition) is 5. The van der Waals surface area contributed by atoms with Gasteiger partial charge in [-0.3, -0.25) is 4.79 Å². The average molecular weight is 458 g/mol. The van der Waals surface area contributed by atoms with E-state index < -0.39 is 0 Å². The van der Waals surface area contributed by atoms with Crippen LogP contribution in [0.25, 0.3) is 11.1 Å². The number of nitriles is 1. The molecular weight excluding hydrogens is 429 g/mol. The van der Waals surface area contributed by atoms with Gasteiger partial charge in [0.25, 0.3) is 0 Å². The van der Waals surface area contributed by atoms with E-state index in [1.807, 2.05) is 24.3 Å². The number of likely N-dealkylation sites (tertiary alicyclic amines) is 1. The van der Waals surface area contributed by atoms with Gasteiger partial charge in [-0.25, -0.2) is 4.39 Å². The minimum atomic E-state index is -0.320. The Bertz CT molecular complexity index is 955. The van der Waals surface area contributed by atoms with Gasteiger partial charge in [-0.15, -0.1) is 0 Å². The summed E-state index contributed by atoms with van der Waals surface area (Å²) >= 11 is 6.00. The molecule has 1 aliphatic heterocycles. The molecule has 2 aromatic rings. The number of esters is 1. The predicted octanol–water partition coefficient (Wildman–Crippen LogP) is 4.43. The predicted molar refractivity (Wildman–Crippen MR) is 123 cm³/mol. The van der Waals surface area contributed by atoms with Crippen LogP contribution in [0.15, 0.2) is 42.5 Å². The van der Waals surface area contributed by atoms with Gasteiger partial charge in [0.15, 0.2) is 0 Å². The van der Waals surface area contributed by atoms with Crippen molar-refractivity contribution in [1.29, 1.82) is 5.26 Å². The third-order valence-electron chi connectivity index (χ3n) is 5.83. The van der Waals surface area contributed by atoms with Gasteiger partial charge in [-0.05, 0) is 62.1 Å². The van der Waals surface area contributed by atoms with E-state index in [2.05, 4.69) is 11.0 Å². The molecule has 0 amide bonds. The van der Waals surface area contributed by atoms with E-state index in [1.165, 1.54) is 12.1 Å². The molecule has 0 saturated carbocycles. The van der Waals surface area contributed by atoms with E-state index >= 15 is 0 Å². The molecule has 2 N–H and O–H groups in total. The highest BCUT2D eigenvalue weighted by Gasteiger charge is 2.29. The first-order valence-corrected chi connectivity index (χ1v) is 11.4. The molecule has 5 nitrogen and oxygen atoms in total. The van der Waals surface area contributed by atoms with E-state index in [0.29, 0.717) is 36.5 Å². The van der Waals surface area contributed by atoms with Crippen molar-refractivity contribution < 1.29 is 13.9 Å². The highest BCUT2D eigenvalue weighted by Crippen LogP contribution is 2.27. The van der Waals surface area contributed by atoms with Crippen LogP contribution in [0.2, 0.25) is 5.02 Å². The van der Waals surface area contributed by atoms with Crippen LogP contribution in [-0.4, -0.2) is 43.2 Å². The van der Waals surface area contributed by atoms with Crippen molar-refractivity contribution in [2.75, 3.05) is 26.2 Å². The summed E-state index contributed by atoms with van der Waals surface area (Å²) in [4.78, 5) is 14.6. The molecule has 1 fully saturated rings. The van der Waals surface area contributed by atoms with Crippen molar-refractivity contribution in [2.45, 2.75) is 32.2 Å². The summed E-state index contributed by atoms with van der Waals surface area (Å²) in [6.45, 7) is 4.42. The molecule has 0 spiro atoms. The van der Waals surface area contributed by atoms with E-state index in [0.717, 1.165) is 30.8 Å². The first-order valence-electron chi connectivity index (χ1n) is 11.0. The second-order valence-electron chi connectivity index (χ2n) is 8.34. The largest absolute Gasteiger partial charge is 0.466 e. The van der Waals surface area contributed by atoms with Gasteiger partial charge in [0, 0.05) is 29.7 Å². The summed E-state index contributed by atoms with van der Waals surface area (Å²) in [7, 11) is 0. The lowest BCUT2D eigenvalue weighted by Crippen LogP contribution is -2.47. The molecule has 0 aromatic heterocycles. The topological polar surface area (TPSA) is 79.3 Å². The molecule has 3 rings (SSSR count). The van der Waals surface area contributed by atoms with Gasteiger partial charge in [0.05, 0.1) is 24.5 Å². The van der Waals surface area contributed by atoms with Gasteiger partial charge in [0.2, 0.25) is 0 Å². The first kappa shape index (κ1) is 24.2. The van der Waals surface area contributed by atoms with Gasteiger partial charge in [-0.2, -0.15) is 5.26 Å². The smallest absolute Gasteiger partial charge is 0.309 e. The van der Waals surface area contributed by atoms with E-state index in [-0.39, 0.29) is 29.7 Å². The minimum absolute atomic E-state index is 0.0988. The summed E-state index contributed by atoms with van der Waals surface area (Å²) in [5, 5.41) is 9.40. The van der Waals surface area contributed by atoms with Gasteiger partial charge in [-0.1, -0.05) is 35.9 Å². The van der Waals surface area contributed by atoms with Crippen LogP contribution in [0.4, 0.5) is 4.39 Å². The van der Waals surface area contributed by atoms with Crippen LogP contribution in [0, 0.1) is 29.0 Å². The fraction of sp³-hybridized carbons (Fsp3) is 0.440. The van der Waals surface area contributed by atoms with E-state index in [9.17, 15) is 9.18 Å². The molecule has 1 aliphatic rings. The molecular formula is C25H29ClFN3O2. The second kappa shape index (κ2) is 11.4. The summed E-state index contributed by atoms with van der Waals surface area (Å²) < 4.78 is 19.4. The fourth-order valence-electron chi connectivity index (χ4n) is 4.06. The monoisotopic (exact) mass is 457 g/mol. The van der Waals surface area contributed by atoms with E-state index in [1.54, 1.807) is 13.0 Å². The summed E-state index contributed by atoms with van der Waals surface area (Å²) in [6, 6.07) is 14.1. The first-order chi connectivity index (χ1) is 15.4. The van der Waals surface area contributed by atoms with Crippen LogP contribution in [-0.2, 0) is 16.0 Å². The lowest BCUT2D eigenvalue weighted by molar-refractivity contribution is -0.148. The summed E-state index contributed by atoms with van der Waals surface area (Å²) in [6.07, 6.45) is 1.80. The third kappa shape index (κ3) is 6.52. The Morgan fingerprint density at radius 1 is 1.31 bits per heavy atom. The highest BCUT2D eigenvalue weighted by atomic mass is 35.5. The van der Waals surface area contributed by atoms with Crippen molar-refractivity contribution in [3.63, 3.8) is 0 Å². The number of ether oxygens (including phenoxy) is 1. The Labute approximate surface area is 193 Å². The number of hydrogen-bond donors (Lipinski definition) is 1. The van der Waals surface area contributed by atoms with E-state index in [4.69, 9.17) is 27.3 Å². The normalized spacial score (nSPS) is 16.1. The lowest BCUT2D eigenvalue weighted by atomic mass is 9.91. The second-order valence-corrected chi connectivity index (χ2v) is 8.78. The van der Waals surface area contributed by atoms with Crippen LogP contribution in [0.1, 0.15) is 25.3 Å². The zero-order valence-electron chi connectivity index (χ0n) is 18.3. The molecule has 1 heterocycles. The third-order valence-corrected chi connectivity index (χ3v) is 6.07. The standard InChI is InChI=1S/C25H29ClFN3O2/c1-2-32-25(31)20(9-10-30-15-18(14-28)16-30)12-22(29)11-17-3-5-19(6-4-17)23-13-21(26)7-8-24(23)27/h3-8,13,18,20,22H,2,9-12,15-16,29H2,1H3/t20-,22-/m1/s1. The van der Waals surface area contributed by atoms with Crippen molar-refractivity contribution >= 4 is 17.6 Å². The number of nitrogens with two attached hydrogens (primary N) is 1. The number of halogens is 2. The number of nitrogens with zero attached hydrogens (tertiary/aromatic N) is 2. The number of carbonyl (C=O) groups is 1. The molecule has 170 valence electrons. The molecule has 0 bridgehead atoms. The Kier molecular flexibility index (Phi) is 8.63. The molecule has 32 heavy (non-hydrogen) atoms. The summed E-state index contributed by atoms with van der Waals surface area (Å²) in [5.74, 6) is -0.709. The summed E-state index contributed by atoms with van der Waals surface area (Å²) in [5.41, 5.74) is 8.61. The Morgan fingerprint density at radius 2 is 2.03 bits per heavy atom. The Morgan fingerprint density at radius 3 is 2.69 bits per heavy atom. The van der Waals surface area contributed by atoms with Crippen molar-refractivity contribution in [3.8, 4) is 17.2 Å². The number of carbonyl (C=O) groups excluding carboxylic acids is 1. The van der Waals surface area contributed by atoms with Gasteiger partial charge < -0.3 is 15.4 Å². The van der Waals surface area contributed by atoms with Crippen LogP contribution >= 0.6 is 11.6 Å². The molecule has 0 radical (unpaired) electrons. The molecule has 7 heteroatoms. The van der Waals surface area contributed by atoms with Gasteiger partial charge in [0.1, 0.15) is 5.82 Å². The molecule has 2 aromatic carbocycles. The van der Waals surface area contributed by atoms with Crippen molar-refractivity contribution in [2.24, 2.45) is 17.6 Å². The maximum Gasteiger partial charge on any atom is 0.309 e. The van der Waals surface area contributed by atoms with Crippen molar-refractivity contribution in [1.82, 2.24) is 4.90 Å². The Balaban J connectivity index is 1.57. The maximum atomic E-state index is 14.1. The van der Waals surface area contributed by atoms with Crippen molar-refractivity contribution in [3.05, 3.63) is 58.9 Å². The quantitative estimate of drug-likeness (QED) is 0.534. The lowest BCUT2D eigenvalue weighted by Gasteiger charge is -2.36. The van der Waals surface area contributed by atoms with Crippen LogP contribution in [0.5, 0.6) is 0 Å². The zero-order valence-corrected chi connectivity index (χ0v) is 19.0. The number of rotatable bonds is 10. The molecule has 1 saturated heterocycles. The average Bonchev–Trinajstić information content (AvgIpc) is 2.74. The van der Waals surface area contributed by atoms with Crippen LogP contribution in [0.3, 0.4) is 0 Å².